The predicted octanol–water partition coefficient (Wildman–Crippen LogP) is 3.07. The van der Waals surface area contributed by atoms with Crippen molar-refractivity contribution in [3.63, 3.8) is 0 Å². The Balaban J connectivity index is 2.13. The molecule has 0 fully saturated rings. The molecule has 0 unspecified atom stereocenters. The number of nitrogens with one attached hydrogen (secondary N) is 1. The van der Waals surface area contributed by atoms with Gasteiger partial charge in [0.05, 0.1) is 11.6 Å². The Labute approximate surface area is 136 Å². The Bertz CT molecular complexity index is 732. The van der Waals surface area contributed by atoms with Gasteiger partial charge in [0, 0.05) is 11.0 Å². The fourth-order valence-corrected chi connectivity index (χ4v) is 3.76. The van der Waals surface area contributed by atoms with Crippen LogP contribution in [0, 0.1) is 0 Å². The molecular weight excluding hydrogens is 378 g/mol. The van der Waals surface area contributed by atoms with Gasteiger partial charge in [-0.3, -0.25) is 0 Å². The van der Waals surface area contributed by atoms with E-state index in [0.717, 1.165) is 11.1 Å². The van der Waals surface area contributed by atoms with Crippen molar-refractivity contribution >= 4 is 37.6 Å². The number of benzene rings is 2. The number of hydrogen-bond acceptors (Lipinski definition) is 3. The van der Waals surface area contributed by atoms with E-state index in [2.05, 4.69) is 20.7 Å². The van der Waals surface area contributed by atoms with Crippen molar-refractivity contribution in [3.8, 4) is 0 Å². The second kappa shape index (κ2) is 6.89. The molecule has 7 heteroatoms. The number of aliphatic hydroxyl groups excluding tert-OH is 1. The minimum atomic E-state index is -3.67. The molecule has 0 bridgehead atoms. The van der Waals surface area contributed by atoms with Crippen molar-refractivity contribution in [1.82, 2.24) is 4.72 Å². The van der Waals surface area contributed by atoms with Gasteiger partial charge < -0.3 is 5.11 Å². The molecule has 0 spiro atoms. The van der Waals surface area contributed by atoms with Crippen LogP contribution in [0.1, 0.15) is 11.1 Å². The van der Waals surface area contributed by atoms with Gasteiger partial charge in [-0.15, -0.1) is 0 Å². The van der Waals surface area contributed by atoms with Gasteiger partial charge in [0.15, 0.2) is 0 Å². The quantitative estimate of drug-likeness (QED) is 0.824. The van der Waals surface area contributed by atoms with Gasteiger partial charge in [-0.05, 0) is 29.3 Å². The Morgan fingerprint density at radius 1 is 1.10 bits per heavy atom. The highest BCUT2D eigenvalue weighted by Crippen LogP contribution is 2.25. The molecule has 2 rings (SSSR count). The summed E-state index contributed by atoms with van der Waals surface area (Å²) in [5.41, 5.74) is 1.57. The van der Waals surface area contributed by atoms with Crippen LogP contribution < -0.4 is 4.72 Å². The van der Waals surface area contributed by atoms with Gasteiger partial charge >= 0.3 is 0 Å². The lowest BCUT2D eigenvalue weighted by Gasteiger charge is -2.09. The Hall–Kier alpha value is -0.920. The van der Waals surface area contributed by atoms with Crippen molar-refractivity contribution in [2.75, 3.05) is 0 Å². The number of sulfonamides is 1. The first-order chi connectivity index (χ1) is 9.92. The van der Waals surface area contributed by atoms with E-state index >= 15 is 0 Å². The lowest BCUT2D eigenvalue weighted by Crippen LogP contribution is -2.23. The van der Waals surface area contributed by atoms with Crippen molar-refractivity contribution in [1.29, 1.82) is 0 Å². The molecule has 0 saturated heterocycles. The number of halogens is 2. The zero-order chi connectivity index (χ0) is 15.5. The van der Waals surface area contributed by atoms with Crippen LogP contribution in [0.2, 0.25) is 5.02 Å². The molecule has 0 aliphatic carbocycles. The second-order valence-electron chi connectivity index (χ2n) is 4.37. The van der Waals surface area contributed by atoms with Crippen LogP contribution in [-0.2, 0) is 23.2 Å². The van der Waals surface area contributed by atoms with E-state index < -0.39 is 10.0 Å². The van der Waals surface area contributed by atoms with E-state index in [-0.39, 0.29) is 23.1 Å². The first kappa shape index (κ1) is 16.5. The Morgan fingerprint density at radius 3 is 2.29 bits per heavy atom. The smallest absolute Gasteiger partial charge is 0.242 e. The normalized spacial score (nSPS) is 11.6. The molecule has 0 aliphatic heterocycles. The summed E-state index contributed by atoms with van der Waals surface area (Å²) in [5, 5.41) is 9.12. The molecular formula is C14H13BrClNO3S. The van der Waals surface area contributed by atoms with Crippen LogP contribution in [-0.4, -0.2) is 13.5 Å². The molecule has 2 aromatic carbocycles. The summed E-state index contributed by atoms with van der Waals surface area (Å²) in [4.78, 5) is 0.0411. The molecule has 0 saturated carbocycles. The van der Waals surface area contributed by atoms with Crippen LogP contribution in [0.15, 0.2) is 51.8 Å². The van der Waals surface area contributed by atoms with Crippen molar-refractivity contribution in [3.05, 3.63) is 63.1 Å². The summed E-state index contributed by atoms with van der Waals surface area (Å²) >= 11 is 9.19. The van der Waals surface area contributed by atoms with Gasteiger partial charge in [-0.25, -0.2) is 13.1 Å². The third kappa shape index (κ3) is 4.28. The minimum absolute atomic E-state index is 0.0411. The Kier molecular flexibility index (Phi) is 5.40. The molecule has 2 aromatic rings. The lowest BCUT2D eigenvalue weighted by molar-refractivity contribution is 0.282. The van der Waals surface area contributed by atoms with E-state index in [1.54, 1.807) is 30.3 Å². The van der Waals surface area contributed by atoms with E-state index in [1.165, 1.54) is 12.1 Å². The summed E-state index contributed by atoms with van der Waals surface area (Å²) < 4.78 is 27.6. The first-order valence-corrected chi connectivity index (χ1v) is 8.71. The third-order valence-corrected chi connectivity index (χ3v) is 5.23. The van der Waals surface area contributed by atoms with Crippen LogP contribution in [0.5, 0.6) is 0 Å². The fraction of sp³-hybridized carbons (Fsp3) is 0.143. The molecule has 2 N–H and O–H groups in total. The number of rotatable bonds is 5. The highest BCUT2D eigenvalue weighted by atomic mass is 79.9. The van der Waals surface area contributed by atoms with Crippen molar-refractivity contribution in [2.24, 2.45) is 0 Å². The van der Waals surface area contributed by atoms with Gasteiger partial charge in [-0.1, -0.05) is 51.8 Å². The van der Waals surface area contributed by atoms with E-state index in [1.807, 2.05) is 0 Å². The largest absolute Gasteiger partial charge is 0.392 e. The molecule has 0 radical (unpaired) electrons. The fourth-order valence-electron chi connectivity index (χ4n) is 1.71. The zero-order valence-corrected chi connectivity index (χ0v) is 14.0. The lowest BCUT2D eigenvalue weighted by atomic mass is 10.1. The molecule has 21 heavy (non-hydrogen) atoms. The molecule has 0 amide bonds. The topological polar surface area (TPSA) is 66.4 Å². The highest BCUT2D eigenvalue weighted by molar-refractivity contribution is 9.10. The average molecular weight is 391 g/mol. The molecule has 0 atom stereocenters. The molecule has 0 aromatic heterocycles. The second-order valence-corrected chi connectivity index (χ2v) is 7.43. The average Bonchev–Trinajstić information content (AvgIpc) is 2.45. The maximum absolute atomic E-state index is 12.2. The zero-order valence-electron chi connectivity index (χ0n) is 10.9. The Morgan fingerprint density at radius 2 is 1.71 bits per heavy atom. The van der Waals surface area contributed by atoms with Gasteiger partial charge in [0.1, 0.15) is 4.90 Å². The summed E-state index contributed by atoms with van der Waals surface area (Å²) in [6, 6.07) is 11.6. The van der Waals surface area contributed by atoms with E-state index in [9.17, 15) is 8.42 Å². The number of aliphatic hydroxyl groups is 1. The van der Waals surface area contributed by atoms with Crippen LogP contribution in [0.3, 0.4) is 0 Å². The number of hydrogen-bond donors (Lipinski definition) is 2. The van der Waals surface area contributed by atoms with Gasteiger partial charge in [0.25, 0.3) is 0 Å². The highest BCUT2D eigenvalue weighted by Gasteiger charge is 2.17. The van der Waals surface area contributed by atoms with E-state index in [4.69, 9.17) is 16.7 Å². The summed E-state index contributed by atoms with van der Waals surface area (Å²) in [6.45, 7) is 0.112. The third-order valence-electron chi connectivity index (χ3n) is 2.86. The SMILES string of the molecule is O=S(=O)(NCc1ccc(CO)cc1)c1ccc(Br)cc1Cl. The van der Waals surface area contributed by atoms with Crippen LogP contribution >= 0.6 is 27.5 Å². The minimum Gasteiger partial charge on any atom is -0.392 e. The van der Waals surface area contributed by atoms with Gasteiger partial charge in [0.2, 0.25) is 10.0 Å². The van der Waals surface area contributed by atoms with Crippen molar-refractivity contribution < 1.29 is 13.5 Å². The molecule has 0 aliphatic rings. The monoisotopic (exact) mass is 389 g/mol. The summed E-state index contributed by atoms with van der Waals surface area (Å²) in [5.74, 6) is 0. The molecule has 4 nitrogen and oxygen atoms in total. The standard InChI is InChI=1S/C14H13BrClNO3S/c15-12-5-6-14(13(16)7-12)21(19,20)17-8-10-1-3-11(9-18)4-2-10/h1-7,17-18H,8-9H2. The first-order valence-electron chi connectivity index (χ1n) is 6.06. The van der Waals surface area contributed by atoms with Crippen LogP contribution in [0.25, 0.3) is 0 Å². The molecule has 0 heterocycles. The maximum Gasteiger partial charge on any atom is 0.242 e. The van der Waals surface area contributed by atoms with Crippen molar-refractivity contribution in [2.45, 2.75) is 18.0 Å². The maximum atomic E-state index is 12.2. The van der Waals surface area contributed by atoms with Gasteiger partial charge in [-0.2, -0.15) is 0 Å². The van der Waals surface area contributed by atoms with E-state index in [0.29, 0.717) is 4.47 Å². The predicted molar refractivity (Wildman–Crippen MR) is 85.5 cm³/mol. The van der Waals surface area contributed by atoms with Crippen LogP contribution in [0.4, 0.5) is 0 Å². The summed E-state index contributed by atoms with van der Waals surface area (Å²) in [6.07, 6.45) is 0. The molecule has 112 valence electrons. The summed E-state index contributed by atoms with van der Waals surface area (Å²) in [7, 11) is -3.67.